The standard InChI is InChI=1S/C12H14ClFN6O2/c13-8-6-7(2-3-9(8)14)17-12(18-21)10-11(20-22-19-10)16-5-1-4-15/h2-3,6,21H,1,4-5,15H2,(H,16,20)(H,17,18). The molecule has 0 saturated carbocycles. The van der Waals surface area contributed by atoms with Crippen molar-refractivity contribution in [2.75, 3.05) is 18.4 Å². The highest BCUT2D eigenvalue weighted by atomic mass is 35.5. The zero-order valence-electron chi connectivity index (χ0n) is 11.4. The SMILES string of the molecule is NCCCNc1nonc1C(=Nc1ccc(F)c(Cl)c1)NO. The van der Waals surface area contributed by atoms with Crippen molar-refractivity contribution in [2.24, 2.45) is 10.7 Å². The van der Waals surface area contributed by atoms with Crippen LogP contribution in [-0.2, 0) is 0 Å². The Morgan fingerprint density at radius 2 is 2.27 bits per heavy atom. The highest BCUT2D eigenvalue weighted by Gasteiger charge is 2.16. The summed E-state index contributed by atoms with van der Waals surface area (Å²) in [7, 11) is 0. The summed E-state index contributed by atoms with van der Waals surface area (Å²) >= 11 is 5.68. The van der Waals surface area contributed by atoms with Crippen molar-refractivity contribution >= 4 is 28.9 Å². The van der Waals surface area contributed by atoms with E-state index in [0.717, 1.165) is 12.5 Å². The van der Waals surface area contributed by atoms with Gasteiger partial charge in [-0.05, 0) is 41.5 Å². The van der Waals surface area contributed by atoms with Gasteiger partial charge in [0.1, 0.15) is 5.82 Å². The molecule has 0 aliphatic rings. The molecule has 0 fully saturated rings. The second-order valence-corrected chi connectivity index (χ2v) is 4.61. The number of hydroxylamine groups is 1. The molecule has 0 saturated heterocycles. The molecule has 5 N–H and O–H groups in total. The van der Waals surface area contributed by atoms with Gasteiger partial charge in [0.15, 0.2) is 11.5 Å². The molecule has 0 bridgehead atoms. The molecule has 22 heavy (non-hydrogen) atoms. The Morgan fingerprint density at radius 3 is 2.95 bits per heavy atom. The minimum absolute atomic E-state index is 0.0285. The fraction of sp³-hybridized carbons (Fsp3) is 0.250. The van der Waals surface area contributed by atoms with E-state index in [9.17, 15) is 9.60 Å². The molecule has 0 amide bonds. The van der Waals surface area contributed by atoms with Crippen LogP contribution in [-0.4, -0.2) is 34.4 Å². The summed E-state index contributed by atoms with van der Waals surface area (Å²) in [4.78, 5) is 4.09. The molecule has 2 rings (SSSR count). The number of aromatic nitrogens is 2. The largest absolute Gasteiger partial charge is 0.365 e. The summed E-state index contributed by atoms with van der Waals surface area (Å²) in [5, 5.41) is 19.4. The van der Waals surface area contributed by atoms with Gasteiger partial charge in [-0.2, -0.15) is 0 Å². The van der Waals surface area contributed by atoms with Crippen molar-refractivity contribution in [3.63, 3.8) is 0 Å². The van der Waals surface area contributed by atoms with E-state index in [0.29, 0.717) is 24.6 Å². The summed E-state index contributed by atoms with van der Waals surface area (Å²) in [5.74, 6) is -0.299. The second kappa shape index (κ2) is 7.69. The predicted octanol–water partition coefficient (Wildman–Crippen LogP) is 1.68. The van der Waals surface area contributed by atoms with Gasteiger partial charge >= 0.3 is 0 Å². The highest BCUT2D eigenvalue weighted by molar-refractivity contribution is 6.31. The summed E-state index contributed by atoms with van der Waals surface area (Å²) in [6, 6.07) is 3.87. The van der Waals surface area contributed by atoms with Gasteiger partial charge in [-0.25, -0.2) is 14.0 Å². The third-order valence-corrected chi connectivity index (χ3v) is 2.93. The fourth-order valence-electron chi connectivity index (χ4n) is 1.58. The number of anilines is 1. The minimum Gasteiger partial charge on any atom is -0.365 e. The Hall–Kier alpha value is -2.23. The lowest BCUT2D eigenvalue weighted by molar-refractivity contribution is 0.234. The van der Waals surface area contributed by atoms with Crippen LogP contribution in [0.1, 0.15) is 12.1 Å². The molecule has 118 valence electrons. The lowest BCUT2D eigenvalue weighted by atomic mass is 10.3. The average molecular weight is 329 g/mol. The first kappa shape index (κ1) is 16.1. The number of nitrogens with two attached hydrogens (primary N) is 1. The van der Waals surface area contributed by atoms with E-state index in [1.54, 1.807) is 0 Å². The highest BCUT2D eigenvalue weighted by Crippen LogP contribution is 2.22. The molecule has 0 unspecified atom stereocenters. The van der Waals surface area contributed by atoms with Crippen LogP contribution in [0.2, 0.25) is 5.02 Å². The Bertz CT molecular complexity index is 663. The zero-order chi connectivity index (χ0) is 15.9. The van der Waals surface area contributed by atoms with Gasteiger partial charge in [-0.3, -0.25) is 10.7 Å². The van der Waals surface area contributed by atoms with Crippen LogP contribution in [0.5, 0.6) is 0 Å². The van der Waals surface area contributed by atoms with Crippen molar-refractivity contribution in [3.05, 3.63) is 34.7 Å². The fourth-order valence-corrected chi connectivity index (χ4v) is 1.76. The van der Waals surface area contributed by atoms with Crippen molar-refractivity contribution in [1.82, 2.24) is 15.8 Å². The Labute approximate surface area is 130 Å². The zero-order valence-corrected chi connectivity index (χ0v) is 12.1. The quantitative estimate of drug-likeness (QED) is 0.275. The summed E-state index contributed by atoms with van der Waals surface area (Å²) in [6.45, 7) is 1.07. The number of aliphatic imine (C=N–C) groups is 1. The molecule has 8 nitrogen and oxygen atoms in total. The smallest absolute Gasteiger partial charge is 0.202 e. The topological polar surface area (TPSA) is 122 Å². The van der Waals surface area contributed by atoms with Crippen LogP contribution in [0.25, 0.3) is 0 Å². The van der Waals surface area contributed by atoms with E-state index in [4.69, 9.17) is 17.3 Å². The summed E-state index contributed by atoms with van der Waals surface area (Å²) in [5.41, 5.74) is 7.79. The molecule has 2 aromatic rings. The van der Waals surface area contributed by atoms with Gasteiger partial charge in [0.2, 0.25) is 5.82 Å². The third-order valence-electron chi connectivity index (χ3n) is 2.64. The summed E-state index contributed by atoms with van der Waals surface area (Å²) in [6.07, 6.45) is 0.721. The van der Waals surface area contributed by atoms with E-state index in [2.05, 4.69) is 25.3 Å². The van der Waals surface area contributed by atoms with Gasteiger partial charge in [0.25, 0.3) is 0 Å². The van der Waals surface area contributed by atoms with Crippen LogP contribution < -0.4 is 16.5 Å². The van der Waals surface area contributed by atoms with Crippen LogP contribution in [0, 0.1) is 5.82 Å². The van der Waals surface area contributed by atoms with Gasteiger partial charge in [-0.1, -0.05) is 11.6 Å². The molecule has 0 radical (unpaired) electrons. The van der Waals surface area contributed by atoms with Crippen molar-refractivity contribution in [1.29, 1.82) is 0 Å². The first-order valence-electron chi connectivity index (χ1n) is 6.36. The predicted molar refractivity (Wildman–Crippen MR) is 79.0 cm³/mol. The van der Waals surface area contributed by atoms with Crippen molar-refractivity contribution in [2.45, 2.75) is 6.42 Å². The van der Waals surface area contributed by atoms with Crippen LogP contribution in [0.3, 0.4) is 0 Å². The van der Waals surface area contributed by atoms with Gasteiger partial charge in [-0.15, -0.1) is 0 Å². The second-order valence-electron chi connectivity index (χ2n) is 4.20. The minimum atomic E-state index is -0.564. The Balaban J connectivity index is 2.25. The molecule has 0 aliphatic heterocycles. The normalized spacial score (nSPS) is 11.5. The van der Waals surface area contributed by atoms with Gasteiger partial charge in [0.05, 0.1) is 10.7 Å². The number of hydrogen-bond donors (Lipinski definition) is 4. The molecule has 0 spiro atoms. The average Bonchev–Trinajstić information content (AvgIpc) is 2.97. The first-order chi connectivity index (χ1) is 10.7. The lowest BCUT2D eigenvalue weighted by Gasteiger charge is -2.05. The number of amidine groups is 1. The first-order valence-corrected chi connectivity index (χ1v) is 6.74. The number of halogens is 2. The van der Waals surface area contributed by atoms with Crippen LogP contribution in [0.4, 0.5) is 15.9 Å². The summed E-state index contributed by atoms with van der Waals surface area (Å²) < 4.78 is 17.8. The number of hydrogen-bond acceptors (Lipinski definition) is 7. The molecule has 1 heterocycles. The molecule has 0 atom stereocenters. The number of nitrogens with zero attached hydrogens (tertiary/aromatic N) is 3. The van der Waals surface area contributed by atoms with Crippen LogP contribution >= 0.6 is 11.6 Å². The number of rotatable bonds is 6. The van der Waals surface area contributed by atoms with E-state index < -0.39 is 5.82 Å². The molecule has 10 heteroatoms. The van der Waals surface area contributed by atoms with Crippen molar-refractivity contribution in [3.8, 4) is 0 Å². The molecule has 1 aromatic carbocycles. The lowest BCUT2D eigenvalue weighted by Crippen LogP contribution is -2.22. The Morgan fingerprint density at radius 1 is 1.45 bits per heavy atom. The van der Waals surface area contributed by atoms with Gasteiger partial charge in [0, 0.05) is 6.54 Å². The number of benzene rings is 1. The third kappa shape index (κ3) is 3.91. The maximum atomic E-state index is 13.1. The molecule has 1 aromatic heterocycles. The van der Waals surface area contributed by atoms with E-state index >= 15 is 0 Å². The van der Waals surface area contributed by atoms with E-state index in [-0.39, 0.29) is 16.6 Å². The van der Waals surface area contributed by atoms with Crippen LogP contribution in [0.15, 0.2) is 27.8 Å². The Kier molecular flexibility index (Phi) is 5.64. The maximum absolute atomic E-state index is 13.1. The van der Waals surface area contributed by atoms with Gasteiger partial charge < -0.3 is 11.1 Å². The number of nitrogens with one attached hydrogen (secondary N) is 2. The van der Waals surface area contributed by atoms with Crippen molar-refractivity contribution < 1.29 is 14.2 Å². The molecular weight excluding hydrogens is 315 g/mol. The molecule has 0 aliphatic carbocycles. The molecular formula is C12H14ClFN6O2. The van der Waals surface area contributed by atoms with E-state index in [1.807, 2.05) is 5.48 Å². The van der Waals surface area contributed by atoms with E-state index in [1.165, 1.54) is 12.1 Å². The monoisotopic (exact) mass is 328 g/mol. The maximum Gasteiger partial charge on any atom is 0.202 e.